The normalized spacial score (nSPS) is 14.5. The van der Waals surface area contributed by atoms with Gasteiger partial charge in [0.05, 0.1) is 0 Å². The van der Waals surface area contributed by atoms with Crippen LogP contribution in [0, 0.1) is 0 Å². The van der Waals surface area contributed by atoms with Crippen molar-refractivity contribution in [3.8, 4) is 0 Å². The number of hydrogen-bond donors (Lipinski definition) is 2. The van der Waals surface area contributed by atoms with Gasteiger partial charge < -0.3 is 10.4 Å². The predicted octanol–water partition coefficient (Wildman–Crippen LogP) is 2.96. The van der Waals surface area contributed by atoms with E-state index in [4.69, 9.17) is 0 Å². The average Bonchev–Trinajstić information content (AvgIpc) is 2.90. The monoisotopic (exact) mass is 247 g/mol. The fraction of sp³-hybridized carbons (Fsp3) is 0.286. The molecule has 2 aromatic rings. The van der Waals surface area contributed by atoms with Crippen molar-refractivity contribution in [2.75, 3.05) is 0 Å². The Morgan fingerprint density at radius 2 is 1.94 bits per heavy atom. The molecule has 2 atom stereocenters. The zero-order chi connectivity index (χ0) is 12.1. The van der Waals surface area contributed by atoms with E-state index in [1.165, 1.54) is 5.56 Å². The molecular weight excluding hydrogens is 230 g/mol. The van der Waals surface area contributed by atoms with Gasteiger partial charge in [0.25, 0.3) is 0 Å². The highest BCUT2D eigenvalue weighted by Gasteiger charge is 2.16. The molecule has 0 saturated carbocycles. The first kappa shape index (κ1) is 12.3. The first-order chi connectivity index (χ1) is 8.27. The number of thiophene rings is 1. The van der Waals surface area contributed by atoms with Gasteiger partial charge in [-0.05, 0) is 23.9 Å². The van der Waals surface area contributed by atoms with Gasteiger partial charge in [0.15, 0.2) is 0 Å². The fourth-order valence-electron chi connectivity index (χ4n) is 1.69. The zero-order valence-electron chi connectivity index (χ0n) is 9.84. The predicted molar refractivity (Wildman–Crippen MR) is 72.0 cm³/mol. The molecule has 2 unspecified atom stereocenters. The van der Waals surface area contributed by atoms with Gasteiger partial charge in [-0.1, -0.05) is 36.4 Å². The number of nitrogens with one attached hydrogen (secondary N) is 1. The molecule has 0 saturated heterocycles. The molecule has 90 valence electrons. The summed E-state index contributed by atoms with van der Waals surface area (Å²) >= 11 is 1.59. The SMILES string of the molecule is CC(NCc1ccccc1)C(O)c1cccs1. The van der Waals surface area contributed by atoms with Crippen LogP contribution in [0.1, 0.15) is 23.5 Å². The van der Waals surface area contributed by atoms with E-state index in [9.17, 15) is 5.11 Å². The lowest BCUT2D eigenvalue weighted by molar-refractivity contribution is 0.139. The van der Waals surface area contributed by atoms with Crippen molar-refractivity contribution in [1.29, 1.82) is 0 Å². The first-order valence-corrected chi connectivity index (χ1v) is 6.64. The molecule has 1 heterocycles. The van der Waals surface area contributed by atoms with Crippen molar-refractivity contribution in [2.24, 2.45) is 0 Å². The Hall–Kier alpha value is -1.16. The summed E-state index contributed by atoms with van der Waals surface area (Å²) < 4.78 is 0. The summed E-state index contributed by atoms with van der Waals surface area (Å²) in [4.78, 5) is 1.01. The summed E-state index contributed by atoms with van der Waals surface area (Å²) in [7, 11) is 0. The third-order valence-electron chi connectivity index (χ3n) is 2.78. The minimum atomic E-state index is -0.432. The molecule has 0 aliphatic carbocycles. The van der Waals surface area contributed by atoms with Gasteiger partial charge in [-0.15, -0.1) is 11.3 Å². The van der Waals surface area contributed by atoms with Gasteiger partial charge in [-0.25, -0.2) is 0 Å². The Morgan fingerprint density at radius 3 is 2.59 bits per heavy atom. The number of aliphatic hydroxyl groups excluding tert-OH is 1. The van der Waals surface area contributed by atoms with Gasteiger partial charge in [0, 0.05) is 17.5 Å². The Labute approximate surface area is 106 Å². The molecule has 1 aromatic carbocycles. The second kappa shape index (κ2) is 5.96. The third-order valence-corrected chi connectivity index (χ3v) is 3.72. The molecule has 0 fully saturated rings. The molecule has 2 rings (SSSR count). The van der Waals surface area contributed by atoms with E-state index in [-0.39, 0.29) is 6.04 Å². The lowest BCUT2D eigenvalue weighted by Gasteiger charge is -2.19. The van der Waals surface area contributed by atoms with Gasteiger partial charge in [0.1, 0.15) is 6.10 Å². The van der Waals surface area contributed by atoms with Crippen LogP contribution < -0.4 is 5.32 Å². The summed E-state index contributed by atoms with van der Waals surface area (Å²) in [5.41, 5.74) is 1.23. The lowest BCUT2D eigenvalue weighted by Crippen LogP contribution is -2.31. The standard InChI is InChI=1S/C14H17NOS/c1-11(14(16)13-8-5-9-17-13)15-10-12-6-3-2-4-7-12/h2-9,11,14-16H,10H2,1H3. The largest absolute Gasteiger partial charge is 0.386 e. The number of benzene rings is 1. The quantitative estimate of drug-likeness (QED) is 0.851. The first-order valence-electron chi connectivity index (χ1n) is 5.76. The Morgan fingerprint density at radius 1 is 1.18 bits per heavy atom. The molecule has 2 nitrogen and oxygen atoms in total. The molecule has 17 heavy (non-hydrogen) atoms. The van der Waals surface area contributed by atoms with E-state index >= 15 is 0 Å². The summed E-state index contributed by atoms with van der Waals surface area (Å²) in [6.07, 6.45) is -0.432. The van der Waals surface area contributed by atoms with Gasteiger partial charge in [-0.2, -0.15) is 0 Å². The highest BCUT2D eigenvalue weighted by Crippen LogP contribution is 2.21. The van der Waals surface area contributed by atoms with E-state index in [1.807, 2.05) is 42.6 Å². The van der Waals surface area contributed by atoms with E-state index in [0.717, 1.165) is 11.4 Å². The van der Waals surface area contributed by atoms with E-state index in [1.54, 1.807) is 11.3 Å². The molecule has 0 spiro atoms. The van der Waals surface area contributed by atoms with Crippen LogP contribution in [0.5, 0.6) is 0 Å². The summed E-state index contributed by atoms with van der Waals surface area (Å²) in [5, 5.41) is 15.4. The summed E-state index contributed by atoms with van der Waals surface area (Å²) in [5.74, 6) is 0. The van der Waals surface area contributed by atoms with Crippen LogP contribution in [0.3, 0.4) is 0 Å². The van der Waals surface area contributed by atoms with Crippen LogP contribution in [-0.2, 0) is 6.54 Å². The zero-order valence-corrected chi connectivity index (χ0v) is 10.7. The van der Waals surface area contributed by atoms with E-state index in [0.29, 0.717) is 0 Å². The summed E-state index contributed by atoms with van der Waals surface area (Å²) in [6.45, 7) is 2.79. The van der Waals surface area contributed by atoms with E-state index in [2.05, 4.69) is 17.4 Å². The average molecular weight is 247 g/mol. The van der Waals surface area contributed by atoms with Crippen LogP contribution in [-0.4, -0.2) is 11.1 Å². The molecular formula is C14H17NOS. The molecule has 0 aliphatic rings. The van der Waals surface area contributed by atoms with Gasteiger partial charge in [-0.3, -0.25) is 0 Å². The Kier molecular flexibility index (Phi) is 4.31. The number of aliphatic hydroxyl groups is 1. The Bertz CT molecular complexity index is 427. The van der Waals surface area contributed by atoms with Crippen molar-refractivity contribution in [3.05, 3.63) is 58.3 Å². The minimum absolute atomic E-state index is 0.0499. The second-order valence-electron chi connectivity index (χ2n) is 4.12. The highest BCUT2D eigenvalue weighted by molar-refractivity contribution is 7.10. The molecule has 1 aromatic heterocycles. The molecule has 0 amide bonds. The lowest BCUT2D eigenvalue weighted by atomic mass is 10.1. The highest BCUT2D eigenvalue weighted by atomic mass is 32.1. The van der Waals surface area contributed by atoms with E-state index < -0.39 is 6.10 Å². The van der Waals surface area contributed by atoms with Crippen molar-refractivity contribution >= 4 is 11.3 Å². The maximum absolute atomic E-state index is 10.1. The third kappa shape index (κ3) is 3.40. The maximum atomic E-state index is 10.1. The maximum Gasteiger partial charge on any atom is 0.103 e. The van der Waals surface area contributed by atoms with Gasteiger partial charge in [0.2, 0.25) is 0 Å². The van der Waals surface area contributed by atoms with Crippen molar-refractivity contribution in [3.63, 3.8) is 0 Å². The van der Waals surface area contributed by atoms with Crippen molar-refractivity contribution in [2.45, 2.75) is 25.6 Å². The molecule has 2 N–H and O–H groups in total. The molecule has 0 aliphatic heterocycles. The Balaban J connectivity index is 1.87. The van der Waals surface area contributed by atoms with Crippen LogP contribution >= 0.6 is 11.3 Å². The van der Waals surface area contributed by atoms with Crippen LogP contribution in [0.15, 0.2) is 47.8 Å². The van der Waals surface area contributed by atoms with Crippen molar-refractivity contribution in [1.82, 2.24) is 5.32 Å². The van der Waals surface area contributed by atoms with Crippen molar-refractivity contribution < 1.29 is 5.11 Å². The molecule has 0 bridgehead atoms. The van der Waals surface area contributed by atoms with Crippen LogP contribution in [0.2, 0.25) is 0 Å². The number of hydrogen-bond acceptors (Lipinski definition) is 3. The molecule has 3 heteroatoms. The van der Waals surface area contributed by atoms with Crippen LogP contribution in [0.4, 0.5) is 0 Å². The fourth-order valence-corrected chi connectivity index (χ4v) is 2.51. The van der Waals surface area contributed by atoms with Crippen LogP contribution in [0.25, 0.3) is 0 Å². The molecule has 0 radical (unpaired) electrons. The minimum Gasteiger partial charge on any atom is -0.386 e. The summed E-state index contributed by atoms with van der Waals surface area (Å²) in [6, 6.07) is 14.2. The topological polar surface area (TPSA) is 32.3 Å². The smallest absolute Gasteiger partial charge is 0.103 e. The van der Waals surface area contributed by atoms with Gasteiger partial charge >= 0.3 is 0 Å². The second-order valence-corrected chi connectivity index (χ2v) is 5.09. The number of rotatable bonds is 5.